The number of benzene rings is 2. The number of rotatable bonds is 7. The van der Waals surface area contributed by atoms with Crippen LogP contribution < -0.4 is 15.5 Å². The Bertz CT molecular complexity index is 833. The average Bonchev–Trinajstić information content (AvgIpc) is 2.65. The van der Waals surface area contributed by atoms with E-state index in [1.807, 2.05) is 26.0 Å². The second kappa shape index (κ2) is 9.73. The van der Waals surface area contributed by atoms with Crippen molar-refractivity contribution in [2.75, 3.05) is 11.9 Å². The smallest absolute Gasteiger partial charge is 0.277 e. The van der Waals surface area contributed by atoms with Gasteiger partial charge in [0.25, 0.3) is 5.91 Å². The molecule has 0 radical (unpaired) electrons. The van der Waals surface area contributed by atoms with E-state index in [-0.39, 0.29) is 24.3 Å². The number of anilines is 1. The highest BCUT2D eigenvalue weighted by Gasteiger charge is 2.08. The molecule has 0 saturated carbocycles. The van der Waals surface area contributed by atoms with Crippen LogP contribution in [-0.4, -0.2) is 24.1 Å². The Hall–Kier alpha value is -2.86. The predicted octanol–water partition coefficient (Wildman–Crippen LogP) is 3.85. The Balaban J connectivity index is 1.91. The highest BCUT2D eigenvalue weighted by atomic mass is 35.5. The van der Waals surface area contributed by atoms with Gasteiger partial charge in [-0.1, -0.05) is 37.6 Å². The Morgan fingerprint density at radius 2 is 1.85 bits per heavy atom. The topological polar surface area (TPSA) is 79.8 Å². The molecule has 0 aliphatic carbocycles. The van der Waals surface area contributed by atoms with E-state index in [2.05, 4.69) is 15.8 Å². The van der Waals surface area contributed by atoms with Gasteiger partial charge in [-0.3, -0.25) is 9.59 Å². The molecule has 0 heterocycles. The molecule has 2 N–H and O–H groups in total. The van der Waals surface area contributed by atoms with Crippen molar-refractivity contribution in [3.63, 3.8) is 0 Å². The van der Waals surface area contributed by atoms with Crippen molar-refractivity contribution in [2.24, 2.45) is 11.0 Å². The molecular formula is C20H22ClN3O3. The zero-order valence-electron chi connectivity index (χ0n) is 15.5. The second-order valence-corrected chi connectivity index (χ2v) is 6.64. The van der Waals surface area contributed by atoms with Gasteiger partial charge in [-0.25, -0.2) is 5.43 Å². The highest BCUT2D eigenvalue weighted by molar-refractivity contribution is 6.30. The number of hydrogen-bond donors (Lipinski definition) is 2. The Labute approximate surface area is 163 Å². The number of hydrogen-bond acceptors (Lipinski definition) is 4. The molecular weight excluding hydrogens is 366 g/mol. The minimum Gasteiger partial charge on any atom is -0.484 e. The number of halogens is 1. The van der Waals surface area contributed by atoms with Crippen LogP contribution in [0.5, 0.6) is 5.75 Å². The normalized spacial score (nSPS) is 11.2. The molecule has 6 nitrogen and oxygen atoms in total. The quantitative estimate of drug-likeness (QED) is 0.559. The first-order valence-electron chi connectivity index (χ1n) is 8.48. The first kappa shape index (κ1) is 20.5. The van der Waals surface area contributed by atoms with E-state index in [1.165, 1.54) is 0 Å². The predicted molar refractivity (Wildman–Crippen MR) is 107 cm³/mol. The minimum atomic E-state index is -0.381. The highest BCUT2D eigenvalue weighted by Crippen LogP contribution is 2.15. The monoisotopic (exact) mass is 387 g/mol. The third-order valence-electron chi connectivity index (χ3n) is 3.60. The van der Waals surface area contributed by atoms with Crippen LogP contribution in [0.1, 0.15) is 26.3 Å². The van der Waals surface area contributed by atoms with Crippen molar-refractivity contribution >= 4 is 34.8 Å². The van der Waals surface area contributed by atoms with E-state index in [0.717, 1.165) is 5.56 Å². The average molecular weight is 388 g/mol. The van der Waals surface area contributed by atoms with Gasteiger partial charge in [-0.05, 0) is 48.9 Å². The van der Waals surface area contributed by atoms with Crippen molar-refractivity contribution in [3.8, 4) is 5.75 Å². The van der Waals surface area contributed by atoms with Crippen molar-refractivity contribution < 1.29 is 14.3 Å². The van der Waals surface area contributed by atoms with Crippen LogP contribution in [0.15, 0.2) is 53.6 Å². The maximum Gasteiger partial charge on any atom is 0.277 e. The van der Waals surface area contributed by atoms with Crippen molar-refractivity contribution in [1.29, 1.82) is 0 Å². The molecule has 0 atom stereocenters. The largest absolute Gasteiger partial charge is 0.484 e. The van der Waals surface area contributed by atoms with Gasteiger partial charge in [0.15, 0.2) is 6.61 Å². The van der Waals surface area contributed by atoms with Crippen LogP contribution >= 0.6 is 11.6 Å². The van der Waals surface area contributed by atoms with E-state index >= 15 is 0 Å². The number of carbonyl (C=O) groups is 2. The summed E-state index contributed by atoms with van der Waals surface area (Å²) in [6.07, 6.45) is 0. The van der Waals surface area contributed by atoms with Crippen molar-refractivity contribution in [3.05, 3.63) is 59.1 Å². The molecule has 27 heavy (non-hydrogen) atoms. The van der Waals surface area contributed by atoms with Gasteiger partial charge in [0.2, 0.25) is 5.91 Å². The van der Waals surface area contributed by atoms with Crippen LogP contribution in [0.4, 0.5) is 5.69 Å². The SMILES string of the molecule is CC(=NNC(=O)COc1ccc(Cl)cc1)c1cccc(NC(=O)C(C)C)c1. The van der Waals surface area contributed by atoms with Gasteiger partial charge in [-0.2, -0.15) is 5.10 Å². The van der Waals surface area contributed by atoms with Crippen LogP contribution in [0.2, 0.25) is 5.02 Å². The third kappa shape index (κ3) is 6.75. The van der Waals surface area contributed by atoms with Gasteiger partial charge < -0.3 is 10.1 Å². The number of amides is 2. The van der Waals surface area contributed by atoms with E-state index in [4.69, 9.17) is 16.3 Å². The molecule has 2 aromatic carbocycles. The molecule has 0 fully saturated rings. The van der Waals surface area contributed by atoms with Crippen LogP contribution in [0, 0.1) is 5.92 Å². The summed E-state index contributed by atoms with van der Waals surface area (Å²) in [5.74, 6) is -0.00449. The lowest BCUT2D eigenvalue weighted by molar-refractivity contribution is -0.123. The molecule has 2 amide bonds. The Morgan fingerprint density at radius 1 is 1.15 bits per heavy atom. The summed E-state index contributed by atoms with van der Waals surface area (Å²) < 4.78 is 5.36. The molecule has 0 bridgehead atoms. The Morgan fingerprint density at radius 3 is 2.52 bits per heavy atom. The third-order valence-corrected chi connectivity index (χ3v) is 3.86. The molecule has 0 aromatic heterocycles. The van der Waals surface area contributed by atoms with Crippen LogP contribution in [-0.2, 0) is 9.59 Å². The number of nitrogens with one attached hydrogen (secondary N) is 2. The fourth-order valence-electron chi connectivity index (χ4n) is 2.03. The van der Waals surface area contributed by atoms with Crippen LogP contribution in [0.25, 0.3) is 0 Å². The van der Waals surface area contributed by atoms with Crippen molar-refractivity contribution in [1.82, 2.24) is 5.43 Å². The summed E-state index contributed by atoms with van der Waals surface area (Å²) in [6, 6.07) is 14.0. The standard InChI is InChI=1S/C20H22ClN3O3/c1-13(2)20(26)22-17-6-4-5-15(11-17)14(3)23-24-19(25)12-27-18-9-7-16(21)8-10-18/h4-11,13H,12H2,1-3H3,(H,22,26)(H,24,25). The van der Waals surface area contributed by atoms with Gasteiger partial charge >= 0.3 is 0 Å². The molecule has 0 aliphatic heterocycles. The lowest BCUT2D eigenvalue weighted by atomic mass is 10.1. The first-order chi connectivity index (χ1) is 12.8. The Kier molecular flexibility index (Phi) is 7.37. The number of nitrogens with zero attached hydrogens (tertiary/aromatic N) is 1. The van der Waals surface area contributed by atoms with E-state index in [1.54, 1.807) is 43.3 Å². The molecule has 0 spiro atoms. The fraction of sp³-hybridized carbons (Fsp3) is 0.250. The summed E-state index contributed by atoms with van der Waals surface area (Å²) in [6.45, 7) is 5.26. The molecule has 0 saturated heterocycles. The van der Waals surface area contributed by atoms with Gasteiger partial charge in [0.05, 0.1) is 5.71 Å². The maximum absolute atomic E-state index is 11.9. The number of carbonyl (C=O) groups excluding carboxylic acids is 2. The summed E-state index contributed by atoms with van der Waals surface area (Å²) in [4.78, 5) is 23.7. The number of ether oxygens (including phenoxy) is 1. The zero-order valence-corrected chi connectivity index (χ0v) is 16.2. The summed E-state index contributed by atoms with van der Waals surface area (Å²) in [7, 11) is 0. The molecule has 142 valence electrons. The first-order valence-corrected chi connectivity index (χ1v) is 8.85. The molecule has 0 aliphatic rings. The van der Waals surface area contributed by atoms with E-state index in [0.29, 0.717) is 22.2 Å². The lowest BCUT2D eigenvalue weighted by Crippen LogP contribution is -2.25. The van der Waals surface area contributed by atoms with Crippen LogP contribution in [0.3, 0.4) is 0 Å². The van der Waals surface area contributed by atoms with E-state index in [9.17, 15) is 9.59 Å². The second-order valence-electron chi connectivity index (χ2n) is 6.20. The summed E-state index contributed by atoms with van der Waals surface area (Å²) in [5.41, 5.74) is 4.52. The van der Waals surface area contributed by atoms with Gasteiger partial charge in [-0.15, -0.1) is 0 Å². The van der Waals surface area contributed by atoms with E-state index < -0.39 is 0 Å². The van der Waals surface area contributed by atoms with Gasteiger partial charge in [0, 0.05) is 16.6 Å². The maximum atomic E-state index is 11.9. The zero-order chi connectivity index (χ0) is 19.8. The minimum absolute atomic E-state index is 0.0607. The lowest BCUT2D eigenvalue weighted by Gasteiger charge is -2.09. The van der Waals surface area contributed by atoms with Gasteiger partial charge in [0.1, 0.15) is 5.75 Å². The molecule has 2 aromatic rings. The molecule has 0 unspecified atom stereocenters. The molecule has 2 rings (SSSR count). The molecule has 7 heteroatoms. The number of hydrazone groups is 1. The van der Waals surface area contributed by atoms with Crippen molar-refractivity contribution in [2.45, 2.75) is 20.8 Å². The summed E-state index contributed by atoms with van der Waals surface area (Å²) >= 11 is 5.80. The summed E-state index contributed by atoms with van der Waals surface area (Å²) in [5, 5.41) is 7.51. The fourth-order valence-corrected chi connectivity index (χ4v) is 2.16.